The zero-order chi connectivity index (χ0) is 23.7. The van der Waals surface area contributed by atoms with Crippen molar-refractivity contribution in [1.29, 1.82) is 0 Å². The Hall–Kier alpha value is -0.405. The fourth-order valence-electron chi connectivity index (χ4n) is 1.57. The number of hydrogen-bond acceptors (Lipinski definition) is 5. The van der Waals surface area contributed by atoms with Crippen LogP contribution in [0.5, 0.6) is 0 Å². The molecule has 2 amide bonds. The van der Waals surface area contributed by atoms with Gasteiger partial charge in [-0.15, -0.1) is 0 Å². The van der Waals surface area contributed by atoms with E-state index in [0.29, 0.717) is 0 Å². The molecule has 0 bridgehead atoms. The standard InChI is InChI=1S/C10H21NO2.C10H19NO2.CH4O.B.Na.H/c2*1-9(2,3)7(12)8(13)11-10(4,5)6;1-2;;;/h7,12H,1-6H3,(H,11,13);1-6H3,(H,11,13);2H,1H3;;;/q;;;;+1;-1. The van der Waals surface area contributed by atoms with E-state index in [4.69, 9.17) is 5.11 Å². The van der Waals surface area contributed by atoms with Gasteiger partial charge in [-0.05, 0) is 47.0 Å². The molecule has 0 spiro atoms. The first-order chi connectivity index (χ1) is 12.1. The van der Waals surface area contributed by atoms with E-state index in [0.717, 1.165) is 7.11 Å². The van der Waals surface area contributed by atoms with Crippen molar-refractivity contribution < 1.29 is 55.6 Å². The van der Waals surface area contributed by atoms with Crippen LogP contribution in [0.25, 0.3) is 0 Å². The molecule has 0 heterocycles. The third-order valence-electron chi connectivity index (χ3n) is 2.94. The van der Waals surface area contributed by atoms with Gasteiger partial charge in [-0.2, -0.15) is 0 Å². The molecule has 173 valence electrons. The molecule has 4 N–H and O–H groups in total. The fourth-order valence-corrected chi connectivity index (χ4v) is 1.57. The first-order valence-corrected chi connectivity index (χ1v) is 9.40. The van der Waals surface area contributed by atoms with E-state index in [1.165, 1.54) is 0 Å². The maximum absolute atomic E-state index is 11.4. The number of rotatable bonds is 2. The monoisotopic (exact) mass is 439 g/mol. The van der Waals surface area contributed by atoms with Crippen LogP contribution >= 0.6 is 0 Å². The number of carbonyl (C=O) groups is 3. The molecular weight excluding hydrogens is 394 g/mol. The summed E-state index contributed by atoms with van der Waals surface area (Å²) in [4.78, 5) is 34.2. The minimum atomic E-state index is -0.952. The van der Waals surface area contributed by atoms with Gasteiger partial charge < -0.3 is 22.3 Å². The number of aliphatic hydroxyl groups is 2. The third kappa shape index (κ3) is 22.3. The number of amides is 2. The SMILES string of the molecule is CC(C)(C)NC(=O)C(=O)C(C)(C)C.CC(C)(C)NC(=O)C(O)C(C)(C)C.CO.[B].[H-].[Na+]. The summed E-state index contributed by atoms with van der Waals surface area (Å²) in [5.74, 6) is -1.18. The Morgan fingerprint density at radius 2 is 1.03 bits per heavy atom. The summed E-state index contributed by atoms with van der Waals surface area (Å²) >= 11 is 0. The van der Waals surface area contributed by atoms with Crippen LogP contribution in [0, 0.1) is 10.8 Å². The minimum Gasteiger partial charge on any atom is -1.00 e. The van der Waals surface area contributed by atoms with E-state index in [-0.39, 0.29) is 62.2 Å². The van der Waals surface area contributed by atoms with E-state index >= 15 is 0 Å². The van der Waals surface area contributed by atoms with Crippen molar-refractivity contribution in [1.82, 2.24) is 10.6 Å². The van der Waals surface area contributed by atoms with Gasteiger partial charge in [0.2, 0.25) is 11.7 Å². The van der Waals surface area contributed by atoms with Crippen molar-refractivity contribution in [3.8, 4) is 0 Å². The smallest absolute Gasteiger partial charge is 1.00 e. The van der Waals surface area contributed by atoms with E-state index in [1.807, 2.05) is 62.3 Å². The maximum Gasteiger partial charge on any atom is 1.00 e. The number of aliphatic hydroxyl groups excluding tert-OH is 2. The van der Waals surface area contributed by atoms with Gasteiger partial charge in [-0.1, -0.05) is 41.5 Å². The molecule has 0 rings (SSSR count). The quantitative estimate of drug-likeness (QED) is 0.331. The van der Waals surface area contributed by atoms with Gasteiger partial charge in [0.25, 0.3) is 5.91 Å². The molecule has 0 fully saturated rings. The topological polar surface area (TPSA) is 116 Å². The van der Waals surface area contributed by atoms with Crippen molar-refractivity contribution in [3.63, 3.8) is 0 Å². The van der Waals surface area contributed by atoms with Crippen LogP contribution < -0.4 is 40.2 Å². The van der Waals surface area contributed by atoms with Gasteiger partial charge >= 0.3 is 29.6 Å². The van der Waals surface area contributed by atoms with Crippen LogP contribution in [-0.2, 0) is 14.4 Å². The molecule has 0 aromatic rings. The number of ketones is 1. The van der Waals surface area contributed by atoms with Crippen LogP contribution in [0.1, 0.15) is 84.5 Å². The average Bonchev–Trinajstić information content (AvgIpc) is 2.42. The molecule has 0 aliphatic carbocycles. The van der Waals surface area contributed by atoms with E-state index in [2.05, 4.69) is 10.6 Å². The largest absolute Gasteiger partial charge is 1.00 e. The normalized spacial score (nSPS) is 12.2. The predicted molar refractivity (Wildman–Crippen MR) is 121 cm³/mol. The van der Waals surface area contributed by atoms with Gasteiger partial charge in [0.1, 0.15) is 6.10 Å². The van der Waals surface area contributed by atoms with Crippen molar-refractivity contribution in [3.05, 3.63) is 0 Å². The predicted octanol–water partition coefficient (Wildman–Crippen LogP) is -0.831. The van der Waals surface area contributed by atoms with E-state index in [1.54, 1.807) is 20.8 Å². The molecule has 0 aliphatic heterocycles. The molecule has 3 radical (unpaired) electrons. The zero-order valence-electron chi connectivity index (χ0n) is 22.8. The summed E-state index contributed by atoms with van der Waals surface area (Å²) in [6.07, 6.45) is -0.952. The van der Waals surface area contributed by atoms with Crippen molar-refractivity contribution >= 4 is 26.0 Å². The first-order valence-electron chi connectivity index (χ1n) is 9.40. The van der Waals surface area contributed by atoms with Gasteiger partial charge in [-0.25, -0.2) is 0 Å². The van der Waals surface area contributed by atoms with Crippen LogP contribution in [0.2, 0.25) is 0 Å². The average molecular weight is 439 g/mol. The van der Waals surface area contributed by atoms with Gasteiger partial charge in [0.05, 0.1) is 0 Å². The summed E-state index contributed by atoms with van der Waals surface area (Å²) in [6.45, 7) is 21.9. The molecule has 0 aliphatic rings. The van der Waals surface area contributed by atoms with Crippen LogP contribution in [0.3, 0.4) is 0 Å². The summed E-state index contributed by atoms with van der Waals surface area (Å²) in [5.41, 5.74) is -1.65. The summed E-state index contributed by atoms with van der Waals surface area (Å²) in [5, 5.41) is 22.0. The molecule has 0 aromatic carbocycles. The zero-order valence-corrected chi connectivity index (χ0v) is 23.8. The fraction of sp³-hybridized carbons (Fsp3) is 0.857. The summed E-state index contributed by atoms with van der Waals surface area (Å²) in [7, 11) is 1.00. The first kappa shape index (κ1) is 40.0. The Kier molecular flexibility index (Phi) is 20.5. The Bertz CT molecular complexity index is 520. The van der Waals surface area contributed by atoms with Crippen molar-refractivity contribution in [2.75, 3.05) is 7.11 Å². The molecule has 0 saturated carbocycles. The minimum absolute atomic E-state index is 0. The molecule has 30 heavy (non-hydrogen) atoms. The molecule has 9 heteroatoms. The van der Waals surface area contributed by atoms with E-state index < -0.39 is 22.8 Å². The van der Waals surface area contributed by atoms with Gasteiger partial charge in [-0.3, -0.25) is 14.4 Å². The third-order valence-corrected chi connectivity index (χ3v) is 2.94. The molecule has 1 atom stereocenters. The van der Waals surface area contributed by atoms with E-state index in [9.17, 15) is 19.5 Å². The van der Waals surface area contributed by atoms with Gasteiger partial charge in [0, 0.05) is 32.0 Å². The molecule has 7 nitrogen and oxygen atoms in total. The summed E-state index contributed by atoms with van der Waals surface area (Å²) < 4.78 is 0. The Morgan fingerprint density at radius 3 is 1.23 bits per heavy atom. The summed E-state index contributed by atoms with van der Waals surface area (Å²) in [6, 6.07) is 0. The Morgan fingerprint density at radius 1 is 0.733 bits per heavy atom. The van der Waals surface area contributed by atoms with Crippen LogP contribution in [0.15, 0.2) is 0 Å². The molecular formula is C21H45BN2NaO5. The van der Waals surface area contributed by atoms with Gasteiger partial charge in [0.15, 0.2) is 0 Å². The molecule has 0 aromatic heterocycles. The molecule has 0 saturated heterocycles. The van der Waals surface area contributed by atoms with Crippen molar-refractivity contribution in [2.24, 2.45) is 10.8 Å². The number of hydrogen-bond donors (Lipinski definition) is 4. The number of carbonyl (C=O) groups excluding carboxylic acids is 3. The Balaban J connectivity index is -0.0000000855. The number of Topliss-reactive ketones (excluding diaryl/α,β-unsaturated/α-hetero) is 1. The second-order valence-electron chi connectivity index (χ2n) is 10.8. The Labute approximate surface area is 209 Å². The maximum atomic E-state index is 11.4. The van der Waals surface area contributed by atoms with Crippen molar-refractivity contribution in [2.45, 2.75) is 100 Å². The number of nitrogens with one attached hydrogen (secondary N) is 2. The second-order valence-corrected chi connectivity index (χ2v) is 10.8. The second kappa shape index (κ2) is 15.4. The molecule has 1 unspecified atom stereocenters. The van der Waals surface area contributed by atoms with Crippen LogP contribution in [0.4, 0.5) is 0 Å². The van der Waals surface area contributed by atoms with Crippen LogP contribution in [-0.4, -0.2) is 60.5 Å².